The topological polar surface area (TPSA) is 66.0 Å². The summed E-state index contributed by atoms with van der Waals surface area (Å²) in [7, 11) is 0. The molecule has 130 valence electrons. The van der Waals surface area contributed by atoms with E-state index in [-0.39, 0.29) is 19.0 Å². The number of hydrogen-bond acceptors (Lipinski definition) is 5. The number of rotatable bonds is 5. The summed E-state index contributed by atoms with van der Waals surface area (Å²) in [6, 6.07) is 14.3. The summed E-state index contributed by atoms with van der Waals surface area (Å²) in [5.74, 6) is -0.361. The predicted molar refractivity (Wildman–Crippen MR) is 93.7 cm³/mol. The van der Waals surface area contributed by atoms with Gasteiger partial charge in [0.05, 0.1) is 18.8 Å². The van der Waals surface area contributed by atoms with Crippen LogP contribution < -0.4 is 15.8 Å². The molecule has 2 N–H and O–H groups in total. The van der Waals surface area contributed by atoms with Gasteiger partial charge in [0.2, 0.25) is 0 Å². The van der Waals surface area contributed by atoms with Crippen LogP contribution in [0.2, 0.25) is 0 Å². The Morgan fingerprint density at radius 2 is 2.08 bits per heavy atom. The molecular weight excluding hydrogens is 323 g/mol. The Labute approximate surface area is 145 Å². The van der Waals surface area contributed by atoms with Crippen LogP contribution in [0.25, 0.3) is 0 Å². The first-order valence-electron chi connectivity index (χ1n) is 7.97. The molecule has 6 nitrogen and oxygen atoms in total. The average Bonchev–Trinajstić information content (AvgIpc) is 2.66. The molecule has 0 bridgehead atoms. The van der Waals surface area contributed by atoms with Crippen LogP contribution in [-0.2, 0) is 17.9 Å². The van der Waals surface area contributed by atoms with E-state index in [0.717, 1.165) is 5.56 Å². The summed E-state index contributed by atoms with van der Waals surface area (Å²) in [4.78, 5) is 15.8. The zero-order chi connectivity index (χ0) is 17.5. The molecule has 0 unspecified atom stereocenters. The number of hydrogen-bond donors (Lipinski definition) is 2. The van der Waals surface area contributed by atoms with E-state index < -0.39 is 6.09 Å². The van der Waals surface area contributed by atoms with Gasteiger partial charge in [-0.25, -0.2) is 9.18 Å². The predicted octanol–water partition coefficient (Wildman–Crippen LogP) is 2.61. The van der Waals surface area contributed by atoms with E-state index >= 15 is 0 Å². The Balaban J connectivity index is 1.50. The minimum absolute atomic E-state index is 0.194. The van der Waals surface area contributed by atoms with E-state index in [4.69, 9.17) is 4.74 Å². The third-order valence-electron chi connectivity index (χ3n) is 3.71. The van der Waals surface area contributed by atoms with E-state index in [2.05, 4.69) is 15.7 Å². The van der Waals surface area contributed by atoms with Crippen molar-refractivity contribution in [1.29, 1.82) is 0 Å². The number of nitrogens with zero attached hydrogens (tertiary/aromatic N) is 2. The Bertz CT molecular complexity index is 752. The maximum Gasteiger partial charge on any atom is 0.407 e. The molecule has 1 amide bonds. The molecule has 0 atom stereocenters. The molecule has 0 saturated carbocycles. The van der Waals surface area contributed by atoms with Crippen LogP contribution in [0.4, 0.5) is 14.9 Å². The van der Waals surface area contributed by atoms with E-state index in [0.29, 0.717) is 24.3 Å². The second-order valence-corrected chi connectivity index (χ2v) is 5.52. The summed E-state index contributed by atoms with van der Waals surface area (Å²) < 4.78 is 19.4. The zero-order valence-electron chi connectivity index (χ0n) is 13.6. The van der Waals surface area contributed by atoms with Gasteiger partial charge in [0, 0.05) is 6.54 Å². The fourth-order valence-electron chi connectivity index (χ4n) is 2.41. The molecule has 1 aliphatic heterocycles. The SMILES string of the molecule is O=C(NCc1ccc(N2CCN=CN2)c(F)c1)OCc1ccccc1. The van der Waals surface area contributed by atoms with Crippen molar-refractivity contribution < 1.29 is 13.9 Å². The number of aliphatic imine (C=N–C) groups is 1. The molecule has 0 aliphatic carbocycles. The number of anilines is 1. The highest BCUT2D eigenvalue weighted by molar-refractivity contribution is 5.67. The Hall–Kier alpha value is -3.09. The van der Waals surface area contributed by atoms with Crippen molar-refractivity contribution in [2.24, 2.45) is 4.99 Å². The van der Waals surface area contributed by atoms with Gasteiger partial charge in [0.1, 0.15) is 18.8 Å². The number of benzene rings is 2. The van der Waals surface area contributed by atoms with Crippen molar-refractivity contribution in [3.63, 3.8) is 0 Å². The smallest absolute Gasteiger partial charge is 0.407 e. The number of nitrogens with one attached hydrogen (secondary N) is 2. The Morgan fingerprint density at radius 3 is 2.80 bits per heavy atom. The first kappa shape index (κ1) is 16.8. The molecule has 2 aromatic carbocycles. The number of ether oxygens (including phenoxy) is 1. The highest BCUT2D eigenvalue weighted by Gasteiger charge is 2.13. The van der Waals surface area contributed by atoms with E-state index in [1.54, 1.807) is 23.5 Å². The van der Waals surface area contributed by atoms with Gasteiger partial charge in [-0.05, 0) is 23.3 Å². The lowest BCUT2D eigenvalue weighted by Gasteiger charge is -2.26. The lowest BCUT2D eigenvalue weighted by molar-refractivity contribution is 0.139. The lowest BCUT2D eigenvalue weighted by Crippen LogP contribution is -2.42. The maximum atomic E-state index is 14.3. The second-order valence-electron chi connectivity index (χ2n) is 5.52. The zero-order valence-corrected chi connectivity index (χ0v) is 13.6. The number of alkyl carbamates (subject to hydrolysis) is 1. The van der Waals surface area contributed by atoms with Gasteiger partial charge in [0.15, 0.2) is 0 Å². The van der Waals surface area contributed by atoms with Gasteiger partial charge in [-0.15, -0.1) is 0 Å². The lowest BCUT2D eigenvalue weighted by atomic mass is 10.2. The highest BCUT2D eigenvalue weighted by atomic mass is 19.1. The Kier molecular flexibility index (Phi) is 5.46. The molecule has 7 heteroatoms. The quantitative estimate of drug-likeness (QED) is 0.877. The van der Waals surface area contributed by atoms with Crippen LogP contribution in [0.5, 0.6) is 0 Å². The van der Waals surface area contributed by atoms with Gasteiger partial charge < -0.3 is 10.1 Å². The first-order valence-corrected chi connectivity index (χ1v) is 7.97. The van der Waals surface area contributed by atoms with Gasteiger partial charge in [-0.2, -0.15) is 0 Å². The van der Waals surface area contributed by atoms with Gasteiger partial charge in [0.25, 0.3) is 0 Å². The van der Waals surface area contributed by atoms with Gasteiger partial charge in [-0.3, -0.25) is 15.4 Å². The van der Waals surface area contributed by atoms with E-state index in [1.165, 1.54) is 6.07 Å². The minimum Gasteiger partial charge on any atom is -0.445 e. The molecule has 0 fully saturated rings. The minimum atomic E-state index is -0.540. The van der Waals surface area contributed by atoms with Gasteiger partial charge >= 0.3 is 6.09 Å². The maximum absolute atomic E-state index is 14.3. The number of carbonyl (C=O) groups is 1. The van der Waals surface area contributed by atoms with Crippen molar-refractivity contribution in [1.82, 2.24) is 10.7 Å². The molecule has 1 heterocycles. The number of hydrazine groups is 1. The third-order valence-corrected chi connectivity index (χ3v) is 3.71. The highest BCUT2D eigenvalue weighted by Crippen LogP contribution is 2.19. The van der Waals surface area contributed by atoms with Gasteiger partial charge in [-0.1, -0.05) is 36.4 Å². The number of carbonyl (C=O) groups excluding carboxylic acids is 1. The number of amides is 1. The second kappa shape index (κ2) is 8.14. The fourth-order valence-corrected chi connectivity index (χ4v) is 2.41. The largest absolute Gasteiger partial charge is 0.445 e. The normalized spacial score (nSPS) is 13.2. The summed E-state index contributed by atoms with van der Waals surface area (Å²) in [6.45, 7) is 1.60. The van der Waals surface area contributed by atoms with Crippen molar-refractivity contribution in [2.45, 2.75) is 13.2 Å². The average molecular weight is 342 g/mol. The molecule has 3 rings (SSSR count). The molecule has 0 aromatic heterocycles. The van der Waals surface area contributed by atoms with Crippen molar-refractivity contribution >= 4 is 18.1 Å². The standard InChI is InChI=1S/C18H19FN4O2/c19-16-10-15(6-7-17(16)23-9-8-20-13-22-23)11-21-18(24)25-12-14-4-2-1-3-5-14/h1-7,10,13H,8-9,11-12H2,(H,20,22)(H,21,24). The van der Waals surface area contributed by atoms with Crippen LogP contribution >= 0.6 is 0 Å². The van der Waals surface area contributed by atoms with Crippen LogP contribution in [0.15, 0.2) is 53.5 Å². The summed E-state index contributed by atoms with van der Waals surface area (Å²) in [5.41, 5.74) is 4.90. The van der Waals surface area contributed by atoms with E-state index in [1.807, 2.05) is 30.3 Å². The number of halogens is 1. The fraction of sp³-hybridized carbons (Fsp3) is 0.222. The van der Waals surface area contributed by atoms with Crippen molar-refractivity contribution in [3.8, 4) is 0 Å². The van der Waals surface area contributed by atoms with Crippen molar-refractivity contribution in [2.75, 3.05) is 18.1 Å². The Morgan fingerprint density at radius 1 is 1.24 bits per heavy atom. The van der Waals surface area contributed by atoms with Crippen LogP contribution in [-0.4, -0.2) is 25.5 Å². The molecule has 25 heavy (non-hydrogen) atoms. The summed E-state index contributed by atoms with van der Waals surface area (Å²) >= 11 is 0. The molecule has 1 aliphatic rings. The monoisotopic (exact) mass is 342 g/mol. The van der Waals surface area contributed by atoms with Crippen molar-refractivity contribution in [3.05, 3.63) is 65.5 Å². The summed E-state index contributed by atoms with van der Waals surface area (Å²) in [6.07, 6.45) is 1.00. The summed E-state index contributed by atoms with van der Waals surface area (Å²) in [5, 5.41) is 4.31. The molecule has 0 radical (unpaired) electrons. The van der Waals surface area contributed by atoms with Crippen LogP contribution in [0.3, 0.4) is 0 Å². The molecule has 2 aromatic rings. The van der Waals surface area contributed by atoms with Crippen LogP contribution in [0.1, 0.15) is 11.1 Å². The third kappa shape index (κ3) is 4.69. The molecule has 0 spiro atoms. The van der Waals surface area contributed by atoms with E-state index in [9.17, 15) is 9.18 Å². The van der Waals surface area contributed by atoms with Crippen LogP contribution in [0, 0.1) is 5.82 Å². The molecule has 0 saturated heterocycles. The first-order chi connectivity index (χ1) is 12.2. The molecular formula is C18H19FN4O2.